The highest BCUT2D eigenvalue weighted by Crippen LogP contribution is 2.15. The van der Waals surface area contributed by atoms with E-state index in [2.05, 4.69) is 10.5 Å². The third-order valence-electron chi connectivity index (χ3n) is 1.70. The van der Waals surface area contributed by atoms with Crippen LogP contribution < -0.4 is 5.32 Å². The molecule has 4 nitrogen and oxygen atoms in total. The van der Waals surface area contributed by atoms with Crippen molar-refractivity contribution in [3.8, 4) is 0 Å². The number of hydrogen-bond donors (Lipinski definition) is 1. The summed E-state index contributed by atoms with van der Waals surface area (Å²) < 4.78 is 10.1. The van der Waals surface area contributed by atoms with Crippen molar-refractivity contribution in [2.75, 3.05) is 18.7 Å². The Bertz CT molecular complexity index is 245. The fourth-order valence-corrected chi connectivity index (χ4v) is 0.804. The van der Waals surface area contributed by atoms with Crippen LogP contribution in [-0.2, 0) is 4.74 Å². The van der Waals surface area contributed by atoms with E-state index in [-0.39, 0.29) is 0 Å². The summed E-state index contributed by atoms with van der Waals surface area (Å²) in [5.74, 6) is 1.61. The van der Waals surface area contributed by atoms with E-state index in [9.17, 15) is 0 Å². The first-order valence-corrected chi connectivity index (χ1v) is 4.00. The number of rotatable bonds is 4. The molecule has 0 amide bonds. The van der Waals surface area contributed by atoms with Gasteiger partial charge >= 0.3 is 0 Å². The van der Waals surface area contributed by atoms with Gasteiger partial charge in [-0.2, -0.15) is 0 Å². The van der Waals surface area contributed by atoms with Gasteiger partial charge in [0.2, 0.25) is 0 Å². The summed E-state index contributed by atoms with van der Waals surface area (Å²) in [5, 5.41) is 6.83. The maximum atomic E-state index is 5.11. The fourth-order valence-electron chi connectivity index (χ4n) is 0.804. The average molecular weight is 170 g/mol. The van der Waals surface area contributed by atoms with Crippen LogP contribution in [0.4, 0.5) is 5.82 Å². The van der Waals surface area contributed by atoms with Crippen molar-refractivity contribution in [1.82, 2.24) is 5.16 Å². The van der Waals surface area contributed by atoms with E-state index in [1.807, 2.05) is 20.8 Å². The van der Waals surface area contributed by atoms with Crippen LogP contribution in [0.1, 0.15) is 18.2 Å². The monoisotopic (exact) mass is 170 g/mol. The number of anilines is 1. The average Bonchev–Trinajstić information content (AvgIpc) is 2.36. The maximum Gasteiger partial charge on any atom is 0.174 e. The number of nitrogens with zero attached hydrogens (tertiary/aromatic N) is 1. The van der Waals surface area contributed by atoms with Gasteiger partial charge in [-0.1, -0.05) is 5.16 Å². The molecule has 0 aliphatic rings. The van der Waals surface area contributed by atoms with Crippen LogP contribution in [0.5, 0.6) is 0 Å². The van der Waals surface area contributed by atoms with Gasteiger partial charge in [0, 0.05) is 12.2 Å². The van der Waals surface area contributed by atoms with Gasteiger partial charge in [0.05, 0.1) is 0 Å². The van der Waals surface area contributed by atoms with Gasteiger partial charge in [-0.25, -0.2) is 0 Å². The van der Waals surface area contributed by atoms with Gasteiger partial charge in [-0.15, -0.1) is 0 Å². The standard InChI is InChI=1S/C8H14N2O2/c1-4-11-5-9-8-6(2)7(3)12-10-8/h4-5H2,1-3H3,(H,9,10). The SMILES string of the molecule is CCOCNc1noc(C)c1C. The minimum Gasteiger partial charge on any atom is -0.362 e. The van der Waals surface area contributed by atoms with Crippen molar-refractivity contribution < 1.29 is 9.26 Å². The summed E-state index contributed by atoms with van der Waals surface area (Å²) in [5.41, 5.74) is 1.04. The second kappa shape index (κ2) is 4.11. The number of aromatic nitrogens is 1. The molecule has 0 saturated carbocycles. The second-order valence-electron chi connectivity index (χ2n) is 2.53. The Balaban J connectivity index is 2.46. The van der Waals surface area contributed by atoms with Gasteiger partial charge in [0.25, 0.3) is 0 Å². The van der Waals surface area contributed by atoms with Crippen molar-refractivity contribution >= 4 is 5.82 Å². The molecule has 12 heavy (non-hydrogen) atoms. The summed E-state index contributed by atoms with van der Waals surface area (Å²) in [4.78, 5) is 0. The zero-order valence-corrected chi connectivity index (χ0v) is 7.68. The molecule has 0 atom stereocenters. The zero-order valence-electron chi connectivity index (χ0n) is 7.68. The third-order valence-corrected chi connectivity index (χ3v) is 1.70. The van der Waals surface area contributed by atoms with Crippen molar-refractivity contribution in [2.45, 2.75) is 20.8 Å². The van der Waals surface area contributed by atoms with Gasteiger partial charge in [0.15, 0.2) is 5.82 Å². The Morgan fingerprint density at radius 2 is 2.25 bits per heavy atom. The molecule has 1 N–H and O–H groups in total. The predicted molar refractivity (Wildman–Crippen MR) is 46.1 cm³/mol. The third kappa shape index (κ3) is 1.98. The van der Waals surface area contributed by atoms with Crippen LogP contribution in [0.25, 0.3) is 0 Å². The molecule has 68 valence electrons. The molecule has 0 aromatic carbocycles. The summed E-state index contributed by atoms with van der Waals surface area (Å²) in [6.45, 7) is 6.96. The quantitative estimate of drug-likeness (QED) is 0.552. The summed E-state index contributed by atoms with van der Waals surface area (Å²) in [6.07, 6.45) is 0. The Morgan fingerprint density at radius 1 is 1.50 bits per heavy atom. The van der Waals surface area contributed by atoms with E-state index >= 15 is 0 Å². The smallest absolute Gasteiger partial charge is 0.174 e. The second-order valence-corrected chi connectivity index (χ2v) is 2.53. The molecule has 1 rings (SSSR count). The van der Waals surface area contributed by atoms with Gasteiger partial charge < -0.3 is 14.6 Å². The summed E-state index contributed by atoms with van der Waals surface area (Å²) >= 11 is 0. The molecule has 1 heterocycles. The lowest BCUT2D eigenvalue weighted by Crippen LogP contribution is -2.06. The molecule has 1 aromatic heterocycles. The fraction of sp³-hybridized carbons (Fsp3) is 0.625. The molecular weight excluding hydrogens is 156 g/mol. The molecule has 0 spiro atoms. The zero-order chi connectivity index (χ0) is 8.97. The van der Waals surface area contributed by atoms with Gasteiger partial charge in [-0.05, 0) is 20.8 Å². The van der Waals surface area contributed by atoms with Crippen LogP contribution in [0.15, 0.2) is 4.52 Å². The molecule has 0 radical (unpaired) electrons. The molecule has 0 aliphatic carbocycles. The Hall–Kier alpha value is -1.03. The summed E-state index contributed by atoms with van der Waals surface area (Å²) in [6, 6.07) is 0. The van der Waals surface area contributed by atoms with E-state index < -0.39 is 0 Å². The highest BCUT2D eigenvalue weighted by Gasteiger charge is 2.05. The van der Waals surface area contributed by atoms with E-state index in [1.54, 1.807) is 0 Å². The minimum absolute atomic E-state index is 0.476. The number of aryl methyl sites for hydroxylation is 1. The van der Waals surface area contributed by atoms with Crippen molar-refractivity contribution in [1.29, 1.82) is 0 Å². The van der Waals surface area contributed by atoms with Crippen LogP contribution in [0.2, 0.25) is 0 Å². The largest absolute Gasteiger partial charge is 0.362 e. The molecular formula is C8H14N2O2. The van der Waals surface area contributed by atoms with Crippen LogP contribution in [0, 0.1) is 13.8 Å². The summed E-state index contributed by atoms with van der Waals surface area (Å²) in [7, 11) is 0. The highest BCUT2D eigenvalue weighted by molar-refractivity contribution is 5.43. The Morgan fingerprint density at radius 3 is 2.75 bits per heavy atom. The van der Waals surface area contributed by atoms with E-state index in [0.717, 1.165) is 17.1 Å². The maximum absolute atomic E-state index is 5.11. The minimum atomic E-state index is 0.476. The van der Waals surface area contributed by atoms with E-state index in [4.69, 9.17) is 9.26 Å². The van der Waals surface area contributed by atoms with E-state index in [0.29, 0.717) is 13.3 Å². The topological polar surface area (TPSA) is 47.3 Å². The van der Waals surface area contributed by atoms with Crippen LogP contribution >= 0.6 is 0 Å². The van der Waals surface area contributed by atoms with Crippen molar-refractivity contribution in [3.05, 3.63) is 11.3 Å². The number of nitrogens with one attached hydrogen (secondary N) is 1. The Labute approximate surface area is 71.9 Å². The van der Waals surface area contributed by atoms with Crippen LogP contribution in [0.3, 0.4) is 0 Å². The molecule has 0 bridgehead atoms. The molecule has 0 saturated heterocycles. The predicted octanol–water partition coefficient (Wildman–Crippen LogP) is 1.70. The number of ether oxygens (including phenoxy) is 1. The van der Waals surface area contributed by atoms with E-state index in [1.165, 1.54) is 0 Å². The first-order valence-electron chi connectivity index (χ1n) is 4.00. The van der Waals surface area contributed by atoms with Crippen molar-refractivity contribution in [3.63, 3.8) is 0 Å². The Kier molecular flexibility index (Phi) is 3.10. The lowest BCUT2D eigenvalue weighted by molar-refractivity contribution is 0.166. The first-order chi connectivity index (χ1) is 5.75. The van der Waals surface area contributed by atoms with Gasteiger partial charge in [-0.3, -0.25) is 0 Å². The van der Waals surface area contributed by atoms with Crippen LogP contribution in [-0.4, -0.2) is 18.5 Å². The molecule has 0 unspecified atom stereocenters. The first kappa shape index (κ1) is 9.06. The lowest BCUT2D eigenvalue weighted by atomic mass is 10.3. The number of hydrogen-bond acceptors (Lipinski definition) is 4. The normalized spacial score (nSPS) is 10.2. The highest BCUT2D eigenvalue weighted by atomic mass is 16.5. The lowest BCUT2D eigenvalue weighted by Gasteiger charge is -2.01. The molecule has 1 aromatic rings. The molecule has 0 fully saturated rings. The van der Waals surface area contributed by atoms with Gasteiger partial charge in [0.1, 0.15) is 12.5 Å². The molecule has 0 aliphatic heterocycles. The van der Waals surface area contributed by atoms with Crippen molar-refractivity contribution in [2.24, 2.45) is 0 Å². The molecule has 4 heteroatoms.